The molecule has 36 heavy (non-hydrogen) atoms. The van der Waals surface area contributed by atoms with Crippen LogP contribution in [-0.2, 0) is 0 Å². The van der Waals surface area contributed by atoms with Crippen molar-refractivity contribution in [3.05, 3.63) is 74.9 Å². The van der Waals surface area contributed by atoms with Crippen LogP contribution in [0.15, 0.2) is 95.5 Å². The summed E-state index contributed by atoms with van der Waals surface area (Å²) in [7, 11) is 0. The number of anilines is 4. The molecule has 8 nitrogen and oxygen atoms in total. The fourth-order valence-electron chi connectivity index (χ4n) is 2.47. The van der Waals surface area contributed by atoms with Gasteiger partial charge in [0.25, 0.3) is 0 Å². The molecule has 0 spiro atoms. The van der Waals surface area contributed by atoms with Crippen LogP contribution >= 0.6 is 47.0 Å². The molecular weight excluding hydrogens is 529 g/mol. The smallest absolute Gasteiger partial charge is 0.232 e. The van der Waals surface area contributed by atoms with E-state index in [1.54, 1.807) is 0 Å². The third kappa shape index (κ3) is 9.34. The molecule has 2 aromatic heterocycles. The standard InChI is InChI=1S/C24H26N8S4/c1-5-13-33-21-27-19(28-22(31-21)34-14-6-2)25-17-9-11-18(12-10-17)26-20-29-23(35-15-7-3)32-24(30-20)36-16-8-4/h5-12H,1-4,13-16H2,(H,25,27,28,31)(H,26,29,30,32). The van der Waals surface area contributed by atoms with E-state index in [1.807, 2.05) is 48.6 Å². The quantitative estimate of drug-likeness (QED) is 0.146. The second-order valence-corrected chi connectivity index (χ2v) is 10.6. The van der Waals surface area contributed by atoms with Crippen LogP contribution in [0.5, 0.6) is 0 Å². The molecule has 1 aromatic carbocycles. The molecule has 3 rings (SSSR count). The first-order valence-corrected chi connectivity index (χ1v) is 14.7. The van der Waals surface area contributed by atoms with E-state index in [2.05, 4.69) is 66.9 Å². The Morgan fingerprint density at radius 2 is 0.778 bits per heavy atom. The lowest BCUT2D eigenvalue weighted by Gasteiger charge is -2.10. The van der Waals surface area contributed by atoms with Crippen molar-refractivity contribution in [2.24, 2.45) is 0 Å². The van der Waals surface area contributed by atoms with Crippen LogP contribution in [0.3, 0.4) is 0 Å². The summed E-state index contributed by atoms with van der Waals surface area (Å²) in [6, 6.07) is 7.73. The lowest BCUT2D eigenvalue weighted by atomic mass is 10.3. The molecule has 0 radical (unpaired) electrons. The highest BCUT2D eigenvalue weighted by molar-refractivity contribution is 8.00. The van der Waals surface area contributed by atoms with Gasteiger partial charge in [-0.1, -0.05) is 71.4 Å². The highest BCUT2D eigenvalue weighted by Crippen LogP contribution is 2.25. The predicted octanol–water partition coefficient (Wildman–Crippen LogP) is 6.66. The van der Waals surface area contributed by atoms with Gasteiger partial charge in [0.2, 0.25) is 11.9 Å². The van der Waals surface area contributed by atoms with E-state index >= 15 is 0 Å². The zero-order valence-electron chi connectivity index (χ0n) is 19.6. The maximum Gasteiger partial charge on any atom is 0.232 e. The van der Waals surface area contributed by atoms with Gasteiger partial charge < -0.3 is 10.6 Å². The van der Waals surface area contributed by atoms with Gasteiger partial charge in [-0.05, 0) is 24.3 Å². The van der Waals surface area contributed by atoms with Gasteiger partial charge >= 0.3 is 0 Å². The Morgan fingerprint density at radius 3 is 1.03 bits per heavy atom. The summed E-state index contributed by atoms with van der Waals surface area (Å²) in [6.45, 7) is 15.0. The minimum atomic E-state index is 0.481. The Labute approximate surface area is 228 Å². The first-order valence-electron chi connectivity index (χ1n) is 10.7. The third-order valence-corrected chi connectivity index (χ3v) is 7.28. The van der Waals surface area contributed by atoms with E-state index in [0.717, 1.165) is 11.4 Å². The van der Waals surface area contributed by atoms with E-state index in [9.17, 15) is 0 Å². The van der Waals surface area contributed by atoms with E-state index in [4.69, 9.17) is 0 Å². The summed E-state index contributed by atoms with van der Waals surface area (Å²) in [5, 5.41) is 9.08. The van der Waals surface area contributed by atoms with E-state index in [-0.39, 0.29) is 0 Å². The zero-order valence-corrected chi connectivity index (χ0v) is 22.9. The summed E-state index contributed by atoms with van der Waals surface area (Å²) in [4.78, 5) is 27.0. The average Bonchev–Trinajstić information content (AvgIpc) is 2.89. The Balaban J connectivity index is 1.73. The van der Waals surface area contributed by atoms with Crippen LogP contribution in [0.2, 0.25) is 0 Å². The molecule has 2 heterocycles. The van der Waals surface area contributed by atoms with Crippen molar-refractivity contribution in [1.29, 1.82) is 0 Å². The van der Waals surface area contributed by atoms with Crippen molar-refractivity contribution in [2.75, 3.05) is 33.6 Å². The largest absolute Gasteiger partial charge is 0.324 e. The summed E-state index contributed by atoms with van der Waals surface area (Å²) in [6.07, 6.45) is 7.27. The Bertz CT molecular complexity index is 1030. The molecule has 0 fully saturated rings. The zero-order chi connectivity index (χ0) is 25.6. The third-order valence-electron chi connectivity index (χ3n) is 3.91. The van der Waals surface area contributed by atoms with Gasteiger partial charge in [0.1, 0.15) is 0 Å². The predicted molar refractivity (Wildman–Crippen MR) is 156 cm³/mol. The number of hydrogen-bond acceptors (Lipinski definition) is 12. The topological polar surface area (TPSA) is 101 Å². The van der Waals surface area contributed by atoms with Gasteiger partial charge in [-0.3, -0.25) is 0 Å². The van der Waals surface area contributed by atoms with Crippen LogP contribution in [-0.4, -0.2) is 52.9 Å². The van der Waals surface area contributed by atoms with E-state index in [1.165, 1.54) is 47.0 Å². The van der Waals surface area contributed by atoms with Crippen LogP contribution in [0.4, 0.5) is 23.3 Å². The van der Waals surface area contributed by atoms with Crippen LogP contribution in [0.1, 0.15) is 0 Å². The fourth-order valence-corrected chi connectivity index (χ4v) is 4.87. The van der Waals surface area contributed by atoms with Crippen molar-refractivity contribution in [2.45, 2.75) is 20.6 Å². The SMILES string of the molecule is C=CCSc1nc(Nc2ccc(Nc3nc(SCC=C)nc(SCC=C)n3)cc2)nc(SCC=C)n1. The Kier molecular flexibility index (Phi) is 11.8. The molecule has 0 saturated carbocycles. The molecule has 186 valence electrons. The maximum atomic E-state index is 4.51. The van der Waals surface area contributed by atoms with Crippen molar-refractivity contribution < 1.29 is 0 Å². The molecule has 0 saturated heterocycles. The molecule has 0 aliphatic heterocycles. The van der Waals surface area contributed by atoms with E-state index < -0.39 is 0 Å². The summed E-state index contributed by atoms with van der Waals surface area (Å²) < 4.78 is 0. The number of thioether (sulfide) groups is 4. The second-order valence-electron chi connectivity index (χ2n) is 6.67. The highest BCUT2D eigenvalue weighted by Gasteiger charge is 2.10. The monoisotopic (exact) mass is 554 g/mol. The summed E-state index contributed by atoms with van der Waals surface area (Å²) in [5.41, 5.74) is 1.68. The van der Waals surface area contributed by atoms with Crippen molar-refractivity contribution in [1.82, 2.24) is 29.9 Å². The molecule has 0 aliphatic rings. The molecule has 12 heteroatoms. The highest BCUT2D eigenvalue weighted by atomic mass is 32.2. The lowest BCUT2D eigenvalue weighted by molar-refractivity contribution is 0.811. The number of aromatic nitrogens is 6. The number of nitrogens with zero attached hydrogens (tertiary/aromatic N) is 6. The van der Waals surface area contributed by atoms with Gasteiger partial charge in [-0.25, -0.2) is 0 Å². The first-order chi connectivity index (χ1) is 17.6. The normalized spacial score (nSPS) is 10.4. The molecule has 2 N–H and O–H groups in total. The van der Waals surface area contributed by atoms with Crippen LogP contribution < -0.4 is 10.6 Å². The van der Waals surface area contributed by atoms with Gasteiger partial charge in [0.15, 0.2) is 20.6 Å². The Morgan fingerprint density at radius 1 is 0.500 bits per heavy atom. The van der Waals surface area contributed by atoms with Crippen LogP contribution in [0.25, 0.3) is 0 Å². The fraction of sp³-hybridized carbons (Fsp3) is 0.167. The molecule has 0 amide bonds. The van der Waals surface area contributed by atoms with E-state index in [0.29, 0.717) is 55.5 Å². The van der Waals surface area contributed by atoms with Gasteiger partial charge in [0, 0.05) is 34.4 Å². The lowest BCUT2D eigenvalue weighted by Crippen LogP contribution is -2.04. The molecular formula is C24H26N8S4. The molecule has 0 bridgehead atoms. The number of nitrogens with one attached hydrogen (secondary N) is 2. The van der Waals surface area contributed by atoms with Gasteiger partial charge in [0.05, 0.1) is 0 Å². The molecule has 0 atom stereocenters. The number of rotatable bonds is 16. The Hall–Kier alpha value is -2.80. The van der Waals surface area contributed by atoms with Crippen LogP contribution in [0, 0.1) is 0 Å². The van der Waals surface area contributed by atoms with Gasteiger partial charge in [-0.15, -0.1) is 26.3 Å². The number of benzene rings is 1. The van der Waals surface area contributed by atoms with Crippen molar-refractivity contribution in [3.8, 4) is 0 Å². The maximum absolute atomic E-state index is 4.51. The molecule has 3 aromatic rings. The van der Waals surface area contributed by atoms with Gasteiger partial charge in [-0.2, -0.15) is 29.9 Å². The average molecular weight is 555 g/mol. The minimum absolute atomic E-state index is 0.481. The molecule has 0 aliphatic carbocycles. The first kappa shape index (κ1) is 27.8. The minimum Gasteiger partial charge on any atom is -0.324 e. The summed E-state index contributed by atoms with van der Waals surface area (Å²) in [5.74, 6) is 3.83. The molecule has 0 unspecified atom stereocenters. The summed E-state index contributed by atoms with van der Waals surface area (Å²) >= 11 is 6.02. The van der Waals surface area contributed by atoms with Crippen molar-refractivity contribution in [3.63, 3.8) is 0 Å². The number of hydrogen-bond donors (Lipinski definition) is 2. The van der Waals surface area contributed by atoms with Crippen molar-refractivity contribution >= 4 is 70.3 Å². The second kappa shape index (κ2) is 15.3.